The van der Waals surface area contributed by atoms with E-state index in [0.717, 1.165) is 43.4 Å². The lowest BCUT2D eigenvalue weighted by Crippen LogP contribution is -2.76. The third-order valence-corrected chi connectivity index (χ3v) is 11.7. The molecule has 9 nitrogen and oxygen atoms in total. The predicted molar refractivity (Wildman–Crippen MR) is 163 cm³/mol. The first-order valence-electron chi connectivity index (χ1n) is 16.1. The van der Waals surface area contributed by atoms with Gasteiger partial charge >= 0.3 is 5.97 Å². The number of ether oxygens (including phenoxy) is 3. The molecule has 0 amide bonds. The number of carbonyl (C=O) groups is 2. The van der Waals surface area contributed by atoms with Gasteiger partial charge in [0.15, 0.2) is 23.4 Å². The highest BCUT2D eigenvalue weighted by Crippen LogP contribution is 2.64. The third kappa shape index (κ3) is 4.34. The van der Waals surface area contributed by atoms with Gasteiger partial charge in [-0.3, -0.25) is 9.59 Å². The van der Waals surface area contributed by atoms with Crippen LogP contribution in [0.25, 0.3) is 0 Å². The minimum Gasteiger partial charge on any atom is -0.493 e. The lowest BCUT2D eigenvalue weighted by Gasteiger charge is -2.62. The van der Waals surface area contributed by atoms with E-state index >= 15 is 0 Å². The lowest BCUT2D eigenvalue weighted by atomic mass is 9.49. The molecule has 2 aromatic carbocycles. The number of rotatable bonds is 5. The van der Waals surface area contributed by atoms with Crippen molar-refractivity contribution in [3.63, 3.8) is 0 Å². The Hall–Kier alpha value is -2.98. The quantitative estimate of drug-likeness (QED) is 0.498. The molecule has 2 N–H and O–H groups in total. The van der Waals surface area contributed by atoms with Gasteiger partial charge in [0.05, 0.1) is 24.7 Å². The molecule has 0 radical (unpaired) electrons. The first-order valence-corrected chi connectivity index (χ1v) is 16.1. The number of aliphatic hydroxyl groups excluding tert-OH is 1. The first-order chi connectivity index (χ1) is 21.2. The Morgan fingerprint density at radius 1 is 1.09 bits per heavy atom. The van der Waals surface area contributed by atoms with Crippen LogP contribution in [0.15, 0.2) is 42.5 Å². The summed E-state index contributed by atoms with van der Waals surface area (Å²) < 4.78 is 17.3. The summed E-state index contributed by atoms with van der Waals surface area (Å²) in [6, 6.07) is 14.5. The molecule has 9 heteroatoms. The van der Waals surface area contributed by atoms with Crippen LogP contribution in [0.2, 0.25) is 0 Å². The van der Waals surface area contributed by atoms with Crippen molar-refractivity contribution < 1.29 is 34.0 Å². The van der Waals surface area contributed by atoms with E-state index in [4.69, 9.17) is 14.2 Å². The monoisotopic (exact) mass is 604 g/mol. The molecule has 2 aromatic rings. The average molecular weight is 605 g/mol. The topological polar surface area (TPSA) is 109 Å². The van der Waals surface area contributed by atoms with Crippen molar-refractivity contribution in [1.29, 1.82) is 0 Å². The summed E-state index contributed by atoms with van der Waals surface area (Å²) in [5, 5.41) is 21.3. The minimum absolute atomic E-state index is 0.00367. The molecule has 2 aliphatic carbocycles. The van der Waals surface area contributed by atoms with Gasteiger partial charge < -0.3 is 34.2 Å². The normalized spacial score (nSPS) is 35.6. The summed E-state index contributed by atoms with van der Waals surface area (Å²) in [7, 11) is 5.86. The molecule has 0 aromatic heterocycles. The third-order valence-electron chi connectivity index (χ3n) is 11.7. The molecular formula is C35H44N2O7. The van der Waals surface area contributed by atoms with E-state index in [1.165, 1.54) is 18.4 Å². The molecule has 4 aliphatic heterocycles. The molecule has 1 saturated carbocycles. The largest absolute Gasteiger partial charge is 0.493 e. The predicted octanol–water partition coefficient (Wildman–Crippen LogP) is 2.98. The molecule has 8 rings (SSSR count). The molecule has 4 bridgehead atoms. The maximum Gasteiger partial charge on any atom is 0.316 e. The zero-order valence-corrected chi connectivity index (χ0v) is 25.9. The Kier molecular flexibility index (Phi) is 7.51. The fraction of sp³-hybridized carbons (Fsp3) is 0.600. The fourth-order valence-corrected chi connectivity index (χ4v) is 9.39. The van der Waals surface area contributed by atoms with Crippen LogP contribution < -0.4 is 9.47 Å². The summed E-state index contributed by atoms with van der Waals surface area (Å²) in [4.78, 5) is 29.7. The molecule has 4 fully saturated rings. The van der Waals surface area contributed by atoms with Gasteiger partial charge in [-0.2, -0.15) is 0 Å². The fourth-order valence-electron chi connectivity index (χ4n) is 9.39. The van der Waals surface area contributed by atoms with Crippen molar-refractivity contribution in [2.24, 2.45) is 0 Å². The summed E-state index contributed by atoms with van der Waals surface area (Å²) >= 11 is 0. The first kappa shape index (κ1) is 29.7. The van der Waals surface area contributed by atoms with E-state index in [1.54, 1.807) is 7.11 Å². The molecule has 3 saturated heterocycles. The molecule has 1 spiro atoms. The van der Waals surface area contributed by atoms with Gasteiger partial charge in [-0.1, -0.05) is 36.4 Å². The van der Waals surface area contributed by atoms with Crippen molar-refractivity contribution in [2.75, 3.05) is 34.4 Å². The number of carbonyl (C=O) groups excluding carboxylic acids is 2. The molecule has 4 heterocycles. The molecule has 8 atom stereocenters. The highest BCUT2D eigenvalue weighted by molar-refractivity contribution is 5.90. The van der Waals surface area contributed by atoms with Crippen molar-refractivity contribution >= 4 is 11.8 Å². The number of hydrogen-bond acceptors (Lipinski definition) is 9. The number of aliphatic hydroxyl groups is 2. The second-order valence-electron chi connectivity index (χ2n) is 13.7. The molecule has 1 unspecified atom stereocenters. The number of likely N-dealkylation sites (tertiary alicyclic amines) is 1. The standard InChI is InChI=1S/C18H21NO4.C17H23NO3/c1-19-8-7-17-14-10-3-4-12(22-2)15(14)23-16(17)11(20)5-6-18(17,21)13(19)9-10;1-18-13-7-8-14(18)10-15(9-13)21-17(20)16(11-19)12-5-3-2-4-6-12/h3-4,13,16,21H,5-9H2,1-2H3;2-6,13-16,19H,7-11H2,1H3/t13-,16+,17+,18-;13-,14+,15+,16?/m1./s1. The SMILES string of the molecule is CN1[C@@H]2CC[C@H]1C[C@@H](OC(=O)C(CO)c1ccccc1)C2.COc1ccc2c3c1O[C@H]1C(=O)CC[C@@]4(O)[C@@H](C2)N(C)CC[C@]314. The molecule has 6 aliphatic rings. The summed E-state index contributed by atoms with van der Waals surface area (Å²) in [5.41, 5.74) is 1.56. The van der Waals surface area contributed by atoms with Crippen LogP contribution in [0.4, 0.5) is 0 Å². The van der Waals surface area contributed by atoms with Gasteiger partial charge in [0, 0.05) is 30.1 Å². The van der Waals surface area contributed by atoms with Crippen LogP contribution in [0.5, 0.6) is 11.5 Å². The van der Waals surface area contributed by atoms with Crippen LogP contribution >= 0.6 is 0 Å². The number of likely N-dealkylation sites (N-methyl/N-ethyl adjacent to an activating group) is 1. The highest BCUT2D eigenvalue weighted by Gasteiger charge is 2.72. The van der Waals surface area contributed by atoms with Crippen molar-refractivity contribution in [3.8, 4) is 11.5 Å². The number of methoxy groups -OCH3 is 1. The number of piperidine rings is 2. The Bertz CT molecular complexity index is 1420. The highest BCUT2D eigenvalue weighted by atomic mass is 16.5. The lowest BCUT2D eigenvalue weighted by molar-refractivity contribution is -0.185. The Morgan fingerprint density at radius 2 is 1.82 bits per heavy atom. The van der Waals surface area contributed by atoms with Gasteiger partial charge in [0.25, 0.3) is 0 Å². The van der Waals surface area contributed by atoms with Gasteiger partial charge in [0.2, 0.25) is 0 Å². The van der Waals surface area contributed by atoms with Gasteiger partial charge in [0.1, 0.15) is 12.0 Å². The van der Waals surface area contributed by atoms with Crippen LogP contribution in [0.3, 0.4) is 0 Å². The van der Waals surface area contributed by atoms with Crippen LogP contribution in [-0.4, -0.2) is 102 Å². The van der Waals surface area contributed by atoms with Crippen molar-refractivity contribution in [3.05, 3.63) is 59.2 Å². The number of fused-ring (bicyclic) bond motifs is 2. The van der Waals surface area contributed by atoms with E-state index in [2.05, 4.69) is 30.0 Å². The molecule has 44 heavy (non-hydrogen) atoms. The van der Waals surface area contributed by atoms with Crippen molar-refractivity contribution in [1.82, 2.24) is 9.80 Å². The zero-order chi connectivity index (χ0) is 30.8. The number of ketones is 1. The van der Waals surface area contributed by atoms with Crippen molar-refractivity contribution in [2.45, 2.75) is 98.6 Å². The minimum atomic E-state index is -0.900. The second kappa shape index (κ2) is 11.1. The van der Waals surface area contributed by atoms with E-state index < -0.39 is 23.0 Å². The smallest absolute Gasteiger partial charge is 0.316 e. The Balaban J connectivity index is 0.000000143. The summed E-state index contributed by atoms with van der Waals surface area (Å²) in [5.74, 6) is 0.608. The number of esters is 1. The number of benzene rings is 2. The summed E-state index contributed by atoms with van der Waals surface area (Å²) in [6.45, 7) is 0.665. The number of hydrogen-bond donors (Lipinski definition) is 2. The van der Waals surface area contributed by atoms with Crippen LogP contribution in [0.1, 0.15) is 67.6 Å². The van der Waals surface area contributed by atoms with Gasteiger partial charge in [-0.05, 0) is 82.8 Å². The van der Waals surface area contributed by atoms with E-state index in [9.17, 15) is 19.8 Å². The number of nitrogens with zero attached hydrogens (tertiary/aromatic N) is 2. The molecular weight excluding hydrogens is 560 g/mol. The maximum atomic E-state index is 12.7. The zero-order valence-electron chi connectivity index (χ0n) is 25.9. The van der Waals surface area contributed by atoms with Gasteiger partial charge in [-0.25, -0.2) is 0 Å². The molecule has 236 valence electrons. The van der Waals surface area contributed by atoms with E-state index in [-0.39, 0.29) is 30.5 Å². The Morgan fingerprint density at radius 3 is 2.50 bits per heavy atom. The second-order valence-corrected chi connectivity index (χ2v) is 13.7. The van der Waals surface area contributed by atoms with E-state index in [1.807, 2.05) is 36.4 Å². The van der Waals surface area contributed by atoms with E-state index in [0.29, 0.717) is 36.4 Å². The summed E-state index contributed by atoms with van der Waals surface area (Å²) in [6.07, 6.45) is 6.15. The van der Waals surface area contributed by atoms with Crippen LogP contribution in [0, 0.1) is 0 Å². The number of Topliss-reactive ketones (excluding diaryl/α,β-unsaturated/α-hetero) is 1. The van der Waals surface area contributed by atoms with Crippen LogP contribution in [-0.2, 0) is 26.2 Å². The average Bonchev–Trinajstić information content (AvgIpc) is 3.47. The van der Waals surface area contributed by atoms with Gasteiger partial charge in [-0.15, -0.1) is 0 Å². The maximum absolute atomic E-state index is 12.7. The Labute approximate surface area is 259 Å².